The minimum absolute atomic E-state index is 0.0933. The first kappa shape index (κ1) is 28.7. The molecule has 0 aliphatic heterocycles. The van der Waals surface area contributed by atoms with Crippen LogP contribution in [0, 0.1) is 5.82 Å². The van der Waals surface area contributed by atoms with Crippen molar-refractivity contribution < 1.29 is 18.7 Å². The topological polar surface area (TPSA) is 148 Å². The largest absolute Gasteiger partial charge is 0.378 e. The van der Waals surface area contributed by atoms with Gasteiger partial charge in [0.05, 0.1) is 26.4 Å². The van der Waals surface area contributed by atoms with Crippen molar-refractivity contribution in [1.82, 2.24) is 20.3 Å². The molecule has 0 saturated heterocycles. The van der Waals surface area contributed by atoms with E-state index >= 15 is 0 Å². The number of ether oxygens (including phenoxy) is 2. The molecule has 0 spiro atoms. The Bertz CT molecular complexity index is 1160. The smallest absolute Gasteiger partial charge is 0.251 e. The van der Waals surface area contributed by atoms with Crippen LogP contribution in [0.2, 0.25) is 0 Å². The number of hydrogen-bond acceptors (Lipinski definition) is 10. The van der Waals surface area contributed by atoms with Crippen LogP contribution in [0.1, 0.15) is 29.8 Å². The summed E-state index contributed by atoms with van der Waals surface area (Å²) in [6, 6.07) is 13.4. The molecule has 2 aromatic carbocycles. The number of nitrogens with zero attached hydrogens (tertiary/aromatic N) is 3. The molecule has 0 aliphatic rings. The fourth-order valence-corrected chi connectivity index (χ4v) is 3.27. The Morgan fingerprint density at radius 1 is 0.947 bits per heavy atom. The van der Waals surface area contributed by atoms with E-state index in [1.54, 1.807) is 30.3 Å². The summed E-state index contributed by atoms with van der Waals surface area (Å²) >= 11 is 0. The van der Waals surface area contributed by atoms with E-state index < -0.39 is 0 Å². The third-order valence-corrected chi connectivity index (χ3v) is 4.94. The Morgan fingerprint density at radius 2 is 1.68 bits per heavy atom. The van der Waals surface area contributed by atoms with Crippen LogP contribution in [-0.2, 0) is 16.0 Å². The van der Waals surface area contributed by atoms with Gasteiger partial charge in [-0.3, -0.25) is 4.79 Å². The van der Waals surface area contributed by atoms with E-state index in [4.69, 9.17) is 15.2 Å². The maximum absolute atomic E-state index is 13.5. The number of amides is 1. The number of carbonyl (C=O) groups excluding carboxylic acids is 1. The van der Waals surface area contributed by atoms with E-state index in [9.17, 15) is 9.18 Å². The van der Waals surface area contributed by atoms with Gasteiger partial charge < -0.3 is 36.5 Å². The molecule has 0 atom stereocenters. The second kappa shape index (κ2) is 15.4. The molecule has 0 bridgehead atoms. The monoisotopic (exact) mass is 526 g/mol. The second-order valence-corrected chi connectivity index (χ2v) is 8.56. The third kappa shape index (κ3) is 10.2. The van der Waals surface area contributed by atoms with Gasteiger partial charge in [0, 0.05) is 36.9 Å². The Labute approximate surface area is 221 Å². The quantitative estimate of drug-likeness (QED) is 0.176. The lowest BCUT2D eigenvalue weighted by Gasteiger charge is -2.13. The van der Waals surface area contributed by atoms with Crippen molar-refractivity contribution >= 4 is 29.4 Å². The summed E-state index contributed by atoms with van der Waals surface area (Å²) in [6.07, 6.45) is 0. The number of nitrogens with two attached hydrogens (primary N) is 1. The average Bonchev–Trinajstić information content (AvgIpc) is 2.88. The van der Waals surface area contributed by atoms with Gasteiger partial charge in [-0.1, -0.05) is 18.2 Å². The number of aromatic nitrogens is 3. The number of carbonyl (C=O) groups is 1. The van der Waals surface area contributed by atoms with E-state index in [1.807, 2.05) is 19.9 Å². The van der Waals surface area contributed by atoms with Gasteiger partial charge in [-0.15, -0.1) is 0 Å². The molecule has 0 saturated carbocycles. The normalized spacial score (nSPS) is 10.9. The lowest BCUT2D eigenvalue weighted by atomic mass is 10.2. The van der Waals surface area contributed by atoms with Crippen molar-refractivity contribution in [2.45, 2.75) is 26.4 Å². The first-order valence-electron chi connectivity index (χ1n) is 12.4. The molecule has 12 heteroatoms. The van der Waals surface area contributed by atoms with Crippen LogP contribution in [0.4, 0.5) is 27.9 Å². The zero-order valence-electron chi connectivity index (χ0n) is 21.7. The molecule has 0 fully saturated rings. The van der Waals surface area contributed by atoms with E-state index in [1.165, 1.54) is 12.1 Å². The molecular weight excluding hydrogens is 491 g/mol. The summed E-state index contributed by atoms with van der Waals surface area (Å²) in [5.74, 6) is 0.437. The van der Waals surface area contributed by atoms with Crippen molar-refractivity contribution in [3.8, 4) is 0 Å². The minimum Gasteiger partial charge on any atom is -0.378 e. The Hall–Kier alpha value is -3.87. The lowest BCUT2D eigenvalue weighted by molar-refractivity contribution is 0.0511. The zero-order valence-corrected chi connectivity index (χ0v) is 21.7. The van der Waals surface area contributed by atoms with Crippen molar-refractivity contribution in [3.05, 3.63) is 65.5 Å². The van der Waals surface area contributed by atoms with Gasteiger partial charge in [0.1, 0.15) is 5.82 Å². The number of hydrogen-bond donors (Lipinski definition) is 5. The number of halogens is 1. The number of anilines is 4. The molecular formula is C26H35FN8O3. The maximum atomic E-state index is 13.5. The van der Waals surface area contributed by atoms with Gasteiger partial charge >= 0.3 is 0 Å². The van der Waals surface area contributed by atoms with Gasteiger partial charge in [-0.25, -0.2) is 4.39 Å². The summed E-state index contributed by atoms with van der Waals surface area (Å²) in [4.78, 5) is 25.8. The molecule has 3 rings (SSSR count). The highest BCUT2D eigenvalue weighted by molar-refractivity contribution is 5.95. The maximum Gasteiger partial charge on any atom is 0.251 e. The molecule has 0 radical (unpaired) electrons. The van der Waals surface area contributed by atoms with Gasteiger partial charge in [0.15, 0.2) is 0 Å². The number of rotatable bonds is 16. The Balaban J connectivity index is 1.60. The average molecular weight is 527 g/mol. The second-order valence-electron chi connectivity index (χ2n) is 8.56. The van der Waals surface area contributed by atoms with Gasteiger partial charge in [0.25, 0.3) is 5.91 Å². The van der Waals surface area contributed by atoms with E-state index in [-0.39, 0.29) is 23.7 Å². The summed E-state index contributed by atoms with van der Waals surface area (Å²) in [7, 11) is 0. The van der Waals surface area contributed by atoms with Crippen molar-refractivity contribution in [2.24, 2.45) is 5.73 Å². The van der Waals surface area contributed by atoms with Gasteiger partial charge in [-0.05, 0) is 49.7 Å². The molecule has 3 aromatic rings. The molecule has 1 heterocycles. The third-order valence-electron chi connectivity index (χ3n) is 4.94. The van der Waals surface area contributed by atoms with Crippen LogP contribution in [0.5, 0.6) is 0 Å². The highest BCUT2D eigenvalue weighted by Gasteiger charge is 2.10. The first-order valence-corrected chi connectivity index (χ1v) is 12.4. The molecule has 0 unspecified atom stereocenters. The highest BCUT2D eigenvalue weighted by Crippen LogP contribution is 2.18. The van der Waals surface area contributed by atoms with Crippen molar-refractivity contribution in [1.29, 1.82) is 0 Å². The fourth-order valence-electron chi connectivity index (χ4n) is 3.27. The van der Waals surface area contributed by atoms with Crippen LogP contribution >= 0.6 is 0 Å². The minimum atomic E-state index is -0.311. The van der Waals surface area contributed by atoms with Gasteiger partial charge in [0.2, 0.25) is 17.8 Å². The van der Waals surface area contributed by atoms with Crippen LogP contribution in [0.25, 0.3) is 0 Å². The molecule has 1 aromatic heterocycles. The molecule has 1 amide bonds. The van der Waals surface area contributed by atoms with E-state index in [2.05, 4.69) is 36.2 Å². The van der Waals surface area contributed by atoms with E-state index in [0.29, 0.717) is 69.2 Å². The predicted octanol–water partition coefficient (Wildman–Crippen LogP) is 2.91. The van der Waals surface area contributed by atoms with Crippen molar-refractivity contribution in [3.63, 3.8) is 0 Å². The summed E-state index contributed by atoms with van der Waals surface area (Å²) in [5.41, 5.74) is 7.21. The summed E-state index contributed by atoms with van der Waals surface area (Å²) in [5, 5.41) is 12.2. The molecule has 38 heavy (non-hydrogen) atoms. The molecule has 0 aliphatic carbocycles. The zero-order chi connectivity index (χ0) is 27.2. The molecule has 204 valence electrons. The predicted molar refractivity (Wildman–Crippen MR) is 145 cm³/mol. The van der Waals surface area contributed by atoms with Crippen LogP contribution in [0.15, 0.2) is 48.5 Å². The lowest BCUT2D eigenvalue weighted by Crippen LogP contribution is -2.27. The summed E-state index contributed by atoms with van der Waals surface area (Å²) in [6.45, 7) is 6.89. The standard InChI is InChI=1S/C26H35FN8O3/c1-18(2)31-25-33-24(30-17-19-5-3-7-21(27)15-19)34-26(35-25)32-22-8-4-6-20(16-22)23(36)29-10-12-38-14-13-37-11-9-28/h3-8,15-16,18H,9-14,17,28H2,1-2H3,(H,29,36)(H3,30,31,32,33,34,35). The van der Waals surface area contributed by atoms with Gasteiger partial charge in [-0.2, -0.15) is 15.0 Å². The number of nitrogens with one attached hydrogen (secondary N) is 4. The Kier molecular flexibility index (Phi) is 11.6. The first-order chi connectivity index (χ1) is 18.4. The number of benzene rings is 2. The van der Waals surface area contributed by atoms with Crippen LogP contribution in [0.3, 0.4) is 0 Å². The van der Waals surface area contributed by atoms with Crippen LogP contribution < -0.4 is 27.0 Å². The SMILES string of the molecule is CC(C)Nc1nc(NCc2cccc(F)c2)nc(Nc2cccc(C(=O)NCCOCCOCCN)c2)n1. The summed E-state index contributed by atoms with van der Waals surface area (Å²) < 4.78 is 24.2. The Morgan fingerprint density at radius 3 is 2.45 bits per heavy atom. The highest BCUT2D eigenvalue weighted by atomic mass is 19.1. The van der Waals surface area contributed by atoms with E-state index in [0.717, 1.165) is 5.56 Å². The van der Waals surface area contributed by atoms with Crippen LogP contribution in [-0.4, -0.2) is 66.4 Å². The molecule has 6 N–H and O–H groups in total. The molecule has 11 nitrogen and oxygen atoms in total. The fraction of sp³-hybridized carbons (Fsp3) is 0.385. The van der Waals surface area contributed by atoms with Crippen molar-refractivity contribution in [2.75, 3.05) is 55.5 Å².